The Balaban J connectivity index is 1.38. The van der Waals surface area contributed by atoms with Crippen molar-refractivity contribution in [2.75, 3.05) is 30.9 Å². The zero-order valence-corrected chi connectivity index (χ0v) is 19.3. The van der Waals surface area contributed by atoms with E-state index in [4.69, 9.17) is 21.0 Å². The molecule has 7 heteroatoms. The lowest BCUT2D eigenvalue weighted by Gasteiger charge is -2.22. The zero-order valence-electron chi connectivity index (χ0n) is 18.6. The molecule has 1 atom stereocenters. The number of likely N-dealkylation sites (tertiary alicyclic amines) is 1. The summed E-state index contributed by atoms with van der Waals surface area (Å²) >= 11 is 6.04. The van der Waals surface area contributed by atoms with Crippen LogP contribution in [0.1, 0.15) is 24.8 Å². The van der Waals surface area contributed by atoms with Gasteiger partial charge in [0.05, 0.1) is 0 Å². The van der Waals surface area contributed by atoms with Crippen molar-refractivity contribution >= 4 is 40.1 Å². The van der Waals surface area contributed by atoms with E-state index in [2.05, 4.69) is 34.5 Å². The van der Waals surface area contributed by atoms with Crippen molar-refractivity contribution in [2.45, 2.75) is 18.9 Å². The Kier molecular flexibility index (Phi) is 5.68. The van der Waals surface area contributed by atoms with Crippen LogP contribution in [-0.2, 0) is 0 Å². The summed E-state index contributed by atoms with van der Waals surface area (Å²) < 4.78 is 6.08. The molecule has 1 saturated heterocycles. The van der Waals surface area contributed by atoms with E-state index in [1.807, 2.05) is 44.4 Å². The maximum absolute atomic E-state index is 12.9. The third-order valence-electron chi connectivity index (χ3n) is 6.00. The topological polar surface area (TPSA) is 61.6 Å². The summed E-state index contributed by atoms with van der Waals surface area (Å²) in [5, 5.41) is 3.51. The van der Waals surface area contributed by atoms with Crippen LogP contribution in [0.4, 0.5) is 16.2 Å². The molecule has 0 saturated carbocycles. The highest BCUT2D eigenvalue weighted by atomic mass is 35.5. The highest BCUT2D eigenvalue weighted by Gasteiger charge is 2.33. The third kappa shape index (κ3) is 4.39. The van der Waals surface area contributed by atoms with Crippen LogP contribution in [0.5, 0.6) is 0 Å². The Labute approximate surface area is 197 Å². The number of benzene rings is 3. The van der Waals surface area contributed by atoms with Gasteiger partial charge in [0.25, 0.3) is 0 Å². The monoisotopic (exact) mass is 460 g/mol. The Morgan fingerprint density at radius 2 is 1.88 bits per heavy atom. The molecule has 0 bridgehead atoms. The second-order valence-corrected chi connectivity index (χ2v) is 8.90. The van der Waals surface area contributed by atoms with Gasteiger partial charge < -0.3 is 19.5 Å². The average Bonchev–Trinajstić information content (AvgIpc) is 3.45. The molecule has 5 rings (SSSR count). The summed E-state index contributed by atoms with van der Waals surface area (Å²) in [4.78, 5) is 21.6. The number of carbonyl (C=O) groups is 1. The number of hydrogen-bond donors (Lipinski definition) is 1. The van der Waals surface area contributed by atoms with E-state index < -0.39 is 0 Å². The van der Waals surface area contributed by atoms with Gasteiger partial charge in [0.1, 0.15) is 11.6 Å². The van der Waals surface area contributed by atoms with Gasteiger partial charge in [-0.3, -0.25) is 0 Å². The third-order valence-corrected chi connectivity index (χ3v) is 6.23. The van der Waals surface area contributed by atoms with Crippen LogP contribution in [0.25, 0.3) is 22.2 Å². The number of hydrogen-bond acceptors (Lipinski definition) is 4. The minimum absolute atomic E-state index is 0.177. The predicted molar refractivity (Wildman–Crippen MR) is 133 cm³/mol. The zero-order chi connectivity index (χ0) is 22.9. The second kappa shape index (κ2) is 8.79. The van der Waals surface area contributed by atoms with Gasteiger partial charge in [-0.2, -0.15) is 0 Å². The molecule has 0 unspecified atom stereocenters. The molecule has 0 spiro atoms. The molecule has 2 amide bonds. The van der Waals surface area contributed by atoms with Crippen LogP contribution < -0.4 is 10.2 Å². The molecule has 1 fully saturated rings. The number of anilines is 2. The van der Waals surface area contributed by atoms with Gasteiger partial charge >= 0.3 is 6.03 Å². The van der Waals surface area contributed by atoms with Gasteiger partial charge in [0, 0.05) is 37.0 Å². The molecule has 2 heterocycles. The van der Waals surface area contributed by atoms with E-state index in [1.165, 1.54) is 0 Å². The first-order valence-corrected chi connectivity index (χ1v) is 11.4. The average molecular weight is 461 g/mol. The molecule has 1 aliphatic heterocycles. The van der Waals surface area contributed by atoms with Crippen molar-refractivity contribution in [1.82, 2.24) is 9.88 Å². The lowest BCUT2D eigenvalue weighted by atomic mass is 10.0. The quantitative estimate of drug-likeness (QED) is 0.373. The molecule has 33 heavy (non-hydrogen) atoms. The number of nitrogens with one attached hydrogen (secondary N) is 1. The minimum Gasteiger partial charge on any atom is -0.438 e. The normalized spacial score (nSPS) is 15.7. The first-order chi connectivity index (χ1) is 16.0. The number of halogens is 1. The number of urea groups is 1. The molecule has 6 nitrogen and oxygen atoms in total. The van der Waals surface area contributed by atoms with Crippen molar-refractivity contribution in [3.05, 3.63) is 77.6 Å². The summed E-state index contributed by atoms with van der Waals surface area (Å²) in [7, 11) is 4.05. The molecule has 1 aliphatic rings. The van der Waals surface area contributed by atoms with Crippen LogP contribution in [0.15, 0.2) is 71.1 Å². The molecule has 168 valence electrons. The van der Waals surface area contributed by atoms with Crippen LogP contribution in [0, 0.1) is 0 Å². The Morgan fingerprint density at radius 1 is 1.09 bits per heavy atom. The van der Waals surface area contributed by atoms with E-state index >= 15 is 0 Å². The van der Waals surface area contributed by atoms with Gasteiger partial charge in [0.2, 0.25) is 5.89 Å². The van der Waals surface area contributed by atoms with Crippen molar-refractivity contribution < 1.29 is 9.21 Å². The minimum atomic E-state index is -0.195. The van der Waals surface area contributed by atoms with Crippen molar-refractivity contribution in [1.29, 1.82) is 0 Å². The predicted octanol–water partition coefficient (Wildman–Crippen LogP) is 6.58. The van der Waals surface area contributed by atoms with Crippen LogP contribution >= 0.6 is 11.6 Å². The molecule has 1 N–H and O–H groups in total. The van der Waals surface area contributed by atoms with Gasteiger partial charge in [-0.15, -0.1) is 0 Å². The van der Waals surface area contributed by atoms with E-state index in [-0.39, 0.29) is 12.1 Å². The summed E-state index contributed by atoms with van der Waals surface area (Å²) in [5.74, 6) is 0.573. The first kappa shape index (κ1) is 21.3. The molecule has 0 radical (unpaired) electrons. The summed E-state index contributed by atoms with van der Waals surface area (Å²) in [6.07, 6.45) is 1.71. The molecule has 4 aromatic rings. The van der Waals surface area contributed by atoms with E-state index in [1.54, 1.807) is 17.0 Å². The van der Waals surface area contributed by atoms with Gasteiger partial charge in [-0.1, -0.05) is 35.9 Å². The fraction of sp³-hybridized carbons (Fsp3) is 0.231. The van der Waals surface area contributed by atoms with E-state index in [9.17, 15) is 4.79 Å². The first-order valence-electron chi connectivity index (χ1n) is 11.0. The maximum atomic E-state index is 12.9. The Hall–Kier alpha value is -3.51. The molecular formula is C26H25ClN4O2. The Bertz CT molecular complexity index is 1300. The van der Waals surface area contributed by atoms with E-state index in [0.717, 1.165) is 40.8 Å². The van der Waals surface area contributed by atoms with Crippen LogP contribution in [0.3, 0.4) is 0 Å². The van der Waals surface area contributed by atoms with Crippen LogP contribution in [0.2, 0.25) is 5.02 Å². The highest BCUT2D eigenvalue weighted by Crippen LogP contribution is 2.35. The second-order valence-electron chi connectivity index (χ2n) is 8.47. The standard InChI is InChI=1S/C26H25ClN4O2/c1-30(2)21-11-8-17(9-12-21)18-10-13-24-22(15-18)29-25(33-24)23-7-4-14-31(23)26(32)28-20-6-3-5-19(27)16-20/h3,5-6,8-13,15-16,23H,4,7,14H2,1-2H3,(H,28,32)/t23-/m1/s1. The van der Waals surface area contributed by atoms with Crippen molar-refractivity contribution in [2.24, 2.45) is 0 Å². The number of fused-ring (bicyclic) bond motifs is 1. The smallest absolute Gasteiger partial charge is 0.322 e. The van der Waals surface area contributed by atoms with Crippen molar-refractivity contribution in [3.63, 3.8) is 0 Å². The number of nitrogens with zero attached hydrogens (tertiary/aromatic N) is 3. The fourth-order valence-electron chi connectivity index (χ4n) is 4.25. The van der Waals surface area contributed by atoms with Gasteiger partial charge in [-0.05, 0) is 66.4 Å². The SMILES string of the molecule is CN(C)c1ccc(-c2ccc3oc([C@H]4CCCN4C(=O)Nc4cccc(Cl)c4)nc3c2)cc1. The number of oxazole rings is 1. The highest BCUT2D eigenvalue weighted by molar-refractivity contribution is 6.30. The fourth-order valence-corrected chi connectivity index (χ4v) is 4.44. The van der Waals surface area contributed by atoms with Crippen molar-refractivity contribution in [3.8, 4) is 11.1 Å². The number of amides is 2. The molecule has 0 aliphatic carbocycles. The summed E-state index contributed by atoms with van der Waals surface area (Å²) in [6, 6.07) is 21.2. The van der Waals surface area contributed by atoms with Gasteiger partial charge in [0.15, 0.2) is 5.58 Å². The summed E-state index contributed by atoms with van der Waals surface area (Å²) in [6.45, 7) is 0.652. The largest absolute Gasteiger partial charge is 0.438 e. The van der Waals surface area contributed by atoms with Gasteiger partial charge in [-0.25, -0.2) is 9.78 Å². The molecule has 1 aromatic heterocycles. The Morgan fingerprint density at radius 3 is 2.64 bits per heavy atom. The lowest BCUT2D eigenvalue weighted by Crippen LogP contribution is -2.34. The van der Waals surface area contributed by atoms with E-state index in [0.29, 0.717) is 23.1 Å². The number of rotatable bonds is 4. The maximum Gasteiger partial charge on any atom is 0.322 e. The summed E-state index contributed by atoms with van der Waals surface area (Å²) in [5.41, 5.74) is 5.54. The number of carbonyl (C=O) groups excluding carboxylic acids is 1. The van der Waals surface area contributed by atoms with Crippen LogP contribution in [-0.4, -0.2) is 36.6 Å². The number of aromatic nitrogens is 1. The molecular weight excluding hydrogens is 436 g/mol. The molecule has 3 aromatic carbocycles. The lowest BCUT2D eigenvalue weighted by molar-refractivity contribution is 0.199.